The maximum Gasteiger partial charge on any atom is 0.311 e. The minimum atomic E-state index is -0.459. The summed E-state index contributed by atoms with van der Waals surface area (Å²) >= 11 is 3.46. The summed E-state index contributed by atoms with van der Waals surface area (Å²) in [4.78, 5) is 16.5. The number of hydrazine groups is 1. The third-order valence-corrected chi connectivity index (χ3v) is 3.70. The SMILES string of the molecule is CN(Cc1ccccc1Br)c1nc(NN)ccc1[N+](=O)[O-]. The fourth-order valence-electron chi connectivity index (χ4n) is 1.90. The molecule has 0 radical (unpaired) electrons. The first kappa shape index (κ1) is 15.2. The Morgan fingerprint density at radius 1 is 1.38 bits per heavy atom. The summed E-state index contributed by atoms with van der Waals surface area (Å²) < 4.78 is 0.938. The summed E-state index contributed by atoms with van der Waals surface area (Å²) in [5.74, 6) is 5.94. The van der Waals surface area contributed by atoms with Crippen molar-refractivity contribution in [2.45, 2.75) is 6.54 Å². The fourth-order valence-corrected chi connectivity index (χ4v) is 2.31. The van der Waals surface area contributed by atoms with E-state index in [1.807, 2.05) is 24.3 Å². The second-order valence-corrected chi connectivity index (χ2v) is 5.24. The van der Waals surface area contributed by atoms with Crippen molar-refractivity contribution in [1.29, 1.82) is 0 Å². The second kappa shape index (κ2) is 6.51. The summed E-state index contributed by atoms with van der Waals surface area (Å²) in [5, 5.41) is 11.1. The van der Waals surface area contributed by atoms with Crippen molar-refractivity contribution in [3.05, 3.63) is 56.5 Å². The largest absolute Gasteiger partial charge is 0.350 e. The van der Waals surface area contributed by atoms with E-state index < -0.39 is 4.92 Å². The molecule has 0 fully saturated rings. The molecule has 1 aromatic carbocycles. The van der Waals surface area contributed by atoms with Crippen LogP contribution in [-0.4, -0.2) is 17.0 Å². The van der Waals surface area contributed by atoms with Crippen LogP contribution < -0.4 is 16.2 Å². The molecule has 0 unspecified atom stereocenters. The molecule has 1 aromatic heterocycles. The Morgan fingerprint density at radius 2 is 2.10 bits per heavy atom. The number of halogens is 1. The first-order chi connectivity index (χ1) is 10.0. The molecule has 21 heavy (non-hydrogen) atoms. The van der Waals surface area contributed by atoms with Crippen molar-refractivity contribution < 1.29 is 4.92 Å². The van der Waals surface area contributed by atoms with Gasteiger partial charge in [-0.2, -0.15) is 0 Å². The van der Waals surface area contributed by atoms with Gasteiger partial charge < -0.3 is 10.3 Å². The molecule has 8 heteroatoms. The van der Waals surface area contributed by atoms with E-state index in [-0.39, 0.29) is 11.5 Å². The molecule has 3 N–H and O–H groups in total. The topological polar surface area (TPSA) is 97.3 Å². The van der Waals surface area contributed by atoms with Gasteiger partial charge in [0.05, 0.1) is 4.92 Å². The minimum absolute atomic E-state index is 0.0662. The zero-order chi connectivity index (χ0) is 15.4. The molecule has 0 saturated heterocycles. The Bertz CT molecular complexity index is 665. The van der Waals surface area contributed by atoms with Crippen LogP contribution in [0.1, 0.15) is 5.56 Å². The number of nitrogens with one attached hydrogen (secondary N) is 1. The third-order valence-electron chi connectivity index (χ3n) is 2.93. The van der Waals surface area contributed by atoms with Crippen LogP contribution >= 0.6 is 15.9 Å². The zero-order valence-electron chi connectivity index (χ0n) is 11.3. The van der Waals surface area contributed by atoms with Gasteiger partial charge in [-0.15, -0.1) is 0 Å². The Morgan fingerprint density at radius 3 is 2.71 bits per heavy atom. The summed E-state index contributed by atoms with van der Waals surface area (Å²) in [6.07, 6.45) is 0. The zero-order valence-corrected chi connectivity index (χ0v) is 12.9. The van der Waals surface area contributed by atoms with Crippen molar-refractivity contribution in [1.82, 2.24) is 4.98 Å². The lowest BCUT2D eigenvalue weighted by Gasteiger charge is -2.19. The molecule has 2 rings (SSSR count). The number of anilines is 2. The van der Waals surface area contributed by atoms with Crippen molar-refractivity contribution in [2.24, 2.45) is 5.84 Å². The van der Waals surface area contributed by atoms with Gasteiger partial charge in [0, 0.05) is 24.1 Å². The molecule has 0 atom stereocenters. The maximum absolute atomic E-state index is 11.1. The molecule has 0 spiro atoms. The number of aromatic nitrogens is 1. The molecule has 0 bridgehead atoms. The van der Waals surface area contributed by atoms with Crippen molar-refractivity contribution >= 4 is 33.3 Å². The predicted molar refractivity (Wildman–Crippen MR) is 85.0 cm³/mol. The molecule has 1 heterocycles. The highest BCUT2D eigenvalue weighted by atomic mass is 79.9. The predicted octanol–water partition coefficient (Wildman–Crippen LogP) is 2.67. The molecule has 0 amide bonds. The van der Waals surface area contributed by atoms with Gasteiger partial charge in [-0.3, -0.25) is 10.1 Å². The van der Waals surface area contributed by atoms with E-state index in [2.05, 4.69) is 26.3 Å². The van der Waals surface area contributed by atoms with Gasteiger partial charge in [-0.25, -0.2) is 10.8 Å². The highest BCUT2D eigenvalue weighted by Gasteiger charge is 2.20. The lowest BCUT2D eigenvalue weighted by Crippen LogP contribution is -2.20. The van der Waals surface area contributed by atoms with Crippen LogP contribution in [0.4, 0.5) is 17.3 Å². The Hall–Kier alpha value is -2.19. The van der Waals surface area contributed by atoms with Crippen molar-refractivity contribution in [2.75, 3.05) is 17.4 Å². The van der Waals surface area contributed by atoms with Gasteiger partial charge in [0.2, 0.25) is 5.82 Å². The van der Waals surface area contributed by atoms with E-state index in [9.17, 15) is 10.1 Å². The highest BCUT2D eigenvalue weighted by molar-refractivity contribution is 9.10. The van der Waals surface area contributed by atoms with E-state index in [0.717, 1.165) is 10.0 Å². The molecule has 0 aliphatic heterocycles. The maximum atomic E-state index is 11.1. The molecule has 2 aromatic rings. The Kier molecular flexibility index (Phi) is 4.71. The lowest BCUT2D eigenvalue weighted by molar-refractivity contribution is -0.384. The highest BCUT2D eigenvalue weighted by Crippen LogP contribution is 2.28. The summed E-state index contributed by atoms with van der Waals surface area (Å²) in [6.45, 7) is 0.475. The normalized spacial score (nSPS) is 10.2. The van der Waals surface area contributed by atoms with Crippen LogP contribution in [-0.2, 0) is 6.54 Å². The van der Waals surface area contributed by atoms with Crippen LogP contribution in [0.5, 0.6) is 0 Å². The Labute approximate surface area is 130 Å². The second-order valence-electron chi connectivity index (χ2n) is 4.39. The van der Waals surface area contributed by atoms with Gasteiger partial charge in [-0.1, -0.05) is 34.1 Å². The average molecular weight is 352 g/mol. The number of nitro groups is 1. The first-order valence-corrected chi connectivity index (χ1v) is 6.89. The lowest BCUT2D eigenvalue weighted by atomic mass is 10.2. The smallest absolute Gasteiger partial charge is 0.311 e. The molecular weight excluding hydrogens is 338 g/mol. The average Bonchev–Trinajstić information content (AvgIpc) is 2.48. The van der Waals surface area contributed by atoms with Crippen LogP contribution in [0.3, 0.4) is 0 Å². The van der Waals surface area contributed by atoms with Gasteiger partial charge >= 0.3 is 5.69 Å². The monoisotopic (exact) mass is 351 g/mol. The number of pyridine rings is 1. The molecular formula is C13H14BrN5O2. The number of hydrogen-bond acceptors (Lipinski definition) is 6. The summed E-state index contributed by atoms with van der Waals surface area (Å²) in [7, 11) is 1.75. The van der Waals surface area contributed by atoms with E-state index >= 15 is 0 Å². The molecule has 0 aliphatic rings. The third kappa shape index (κ3) is 3.47. The number of nitrogen functional groups attached to an aromatic ring is 1. The first-order valence-electron chi connectivity index (χ1n) is 6.09. The van der Waals surface area contributed by atoms with Gasteiger partial charge in [0.25, 0.3) is 0 Å². The van der Waals surface area contributed by atoms with Gasteiger partial charge in [-0.05, 0) is 17.7 Å². The van der Waals surface area contributed by atoms with Crippen LogP contribution in [0, 0.1) is 10.1 Å². The van der Waals surface area contributed by atoms with Crippen LogP contribution in [0.2, 0.25) is 0 Å². The van der Waals surface area contributed by atoms with E-state index in [0.29, 0.717) is 12.4 Å². The van der Waals surface area contributed by atoms with Gasteiger partial charge in [0.15, 0.2) is 0 Å². The summed E-state index contributed by atoms with van der Waals surface area (Å²) in [5.41, 5.74) is 3.33. The van der Waals surface area contributed by atoms with Crippen LogP contribution in [0.25, 0.3) is 0 Å². The standard InChI is InChI=1S/C13H14BrN5O2/c1-18(8-9-4-2-3-5-10(9)14)13-11(19(20)21)6-7-12(16-13)17-15/h2-7H,8,15H2,1H3,(H,16,17). The molecule has 0 aliphatic carbocycles. The molecule has 0 saturated carbocycles. The minimum Gasteiger partial charge on any atom is -0.350 e. The number of nitrogens with two attached hydrogens (primary N) is 1. The molecule has 7 nitrogen and oxygen atoms in total. The number of rotatable bonds is 5. The molecule has 110 valence electrons. The fraction of sp³-hybridized carbons (Fsp3) is 0.154. The quantitative estimate of drug-likeness (QED) is 0.488. The van der Waals surface area contributed by atoms with Crippen molar-refractivity contribution in [3.63, 3.8) is 0 Å². The number of nitrogens with zero attached hydrogens (tertiary/aromatic N) is 3. The van der Waals surface area contributed by atoms with Gasteiger partial charge in [0.1, 0.15) is 5.82 Å². The summed E-state index contributed by atoms with van der Waals surface area (Å²) in [6, 6.07) is 10.5. The number of benzene rings is 1. The van der Waals surface area contributed by atoms with Crippen molar-refractivity contribution in [3.8, 4) is 0 Å². The van der Waals surface area contributed by atoms with E-state index in [1.165, 1.54) is 12.1 Å². The van der Waals surface area contributed by atoms with E-state index in [1.54, 1.807) is 11.9 Å². The van der Waals surface area contributed by atoms with Crippen LogP contribution in [0.15, 0.2) is 40.9 Å². The number of hydrogen-bond donors (Lipinski definition) is 2. The Balaban J connectivity index is 2.35. The van der Waals surface area contributed by atoms with E-state index in [4.69, 9.17) is 5.84 Å².